The van der Waals surface area contributed by atoms with E-state index < -0.39 is 0 Å². The van der Waals surface area contributed by atoms with Crippen LogP contribution in [-0.4, -0.2) is 29.2 Å². The fourth-order valence-electron chi connectivity index (χ4n) is 3.29. The Kier molecular flexibility index (Phi) is 6.67. The Morgan fingerprint density at radius 1 is 1.42 bits per heavy atom. The number of piperidine rings is 1. The maximum atomic E-state index is 12.4. The summed E-state index contributed by atoms with van der Waals surface area (Å²) < 4.78 is 0.939. The molecule has 1 amide bonds. The standard InChI is InChI=1S/C19H26N4OS2/c1-12(15-5-4-8-20-11-15)10-18(24)21-17-7-6-16(9-13(17)2)26-19-23-22-14(3)25-19/h6-7,9,12,15,20H,4-5,8,10-11H2,1-3H3,(H,21,24). The van der Waals surface area contributed by atoms with E-state index in [0.29, 0.717) is 18.3 Å². The zero-order chi connectivity index (χ0) is 18.5. The van der Waals surface area contributed by atoms with Gasteiger partial charge in [-0.3, -0.25) is 4.79 Å². The van der Waals surface area contributed by atoms with Gasteiger partial charge in [0, 0.05) is 17.0 Å². The number of rotatable bonds is 6. The lowest BCUT2D eigenvalue weighted by Gasteiger charge is -2.28. The second kappa shape index (κ2) is 8.97. The summed E-state index contributed by atoms with van der Waals surface area (Å²) >= 11 is 3.19. The van der Waals surface area contributed by atoms with Crippen molar-refractivity contribution in [3.63, 3.8) is 0 Å². The molecule has 2 unspecified atom stereocenters. The van der Waals surface area contributed by atoms with Gasteiger partial charge in [-0.05, 0) is 75.4 Å². The molecule has 2 atom stereocenters. The number of carbonyl (C=O) groups is 1. The van der Waals surface area contributed by atoms with E-state index in [2.05, 4.69) is 33.8 Å². The van der Waals surface area contributed by atoms with Crippen LogP contribution in [0.2, 0.25) is 0 Å². The summed E-state index contributed by atoms with van der Waals surface area (Å²) in [4.78, 5) is 13.6. The highest BCUT2D eigenvalue weighted by atomic mass is 32.2. The first kappa shape index (κ1) is 19.3. The van der Waals surface area contributed by atoms with Crippen molar-refractivity contribution in [2.45, 2.75) is 49.3 Å². The lowest BCUT2D eigenvalue weighted by Crippen LogP contribution is -2.34. The molecule has 5 nitrogen and oxygen atoms in total. The molecule has 1 fully saturated rings. The number of aromatic nitrogens is 2. The molecule has 1 aromatic heterocycles. The van der Waals surface area contributed by atoms with Gasteiger partial charge in [0.15, 0.2) is 4.34 Å². The Morgan fingerprint density at radius 2 is 2.27 bits per heavy atom. The number of aryl methyl sites for hydroxylation is 2. The maximum Gasteiger partial charge on any atom is 0.224 e. The molecular weight excluding hydrogens is 364 g/mol. The van der Waals surface area contributed by atoms with Crippen LogP contribution in [0.1, 0.15) is 36.8 Å². The van der Waals surface area contributed by atoms with E-state index in [9.17, 15) is 4.79 Å². The Bertz CT molecular complexity index is 756. The van der Waals surface area contributed by atoms with Crippen molar-refractivity contribution < 1.29 is 4.79 Å². The van der Waals surface area contributed by atoms with E-state index in [1.54, 1.807) is 23.1 Å². The Balaban J connectivity index is 1.56. The van der Waals surface area contributed by atoms with Gasteiger partial charge in [0.2, 0.25) is 5.91 Å². The summed E-state index contributed by atoms with van der Waals surface area (Å²) in [5, 5.41) is 15.7. The third-order valence-electron chi connectivity index (χ3n) is 4.83. The third kappa shape index (κ3) is 5.28. The van der Waals surface area contributed by atoms with Crippen molar-refractivity contribution in [3.8, 4) is 0 Å². The zero-order valence-corrected chi connectivity index (χ0v) is 17.2. The lowest BCUT2D eigenvalue weighted by molar-refractivity contribution is -0.117. The van der Waals surface area contributed by atoms with Crippen molar-refractivity contribution in [2.75, 3.05) is 18.4 Å². The van der Waals surface area contributed by atoms with Crippen molar-refractivity contribution >= 4 is 34.7 Å². The van der Waals surface area contributed by atoms with Crippen molar-refractivity contribution in [1.82, 2.24) is 15.5 Å². The fourth-order valence-corrected chi connectivity index (χ4v) is 5.17. The van der Waals surface area contributed by atoms with Crippen LogP contribution in [0, 0.1) is 25.7 Å². The Labute approximate surface area is 163 Å². The molecule has 3 rings (SSSR count). The van der Waals surface area contributed by atoms with E-state index in [1.165, 1.54) is 12.8 Å². The Morgan fingerprint density at radius 3 is 2.92 bits per heavy atom. The van der Waals surface area contributed by atoms with Crippen molar-refractivity contribution in [3.05, 3.63) is 28.8 Å². The molecule has 2 heterocycles. The summed E-state index contributed by atoms with van der Waals surface area (Å²) in [5.41, 5.74) is 1.96. The Hall–Kier alpha value is -1.44. The van der Waals surface area contributed by atoms with Crippen molar-refractivity contribution in [1.29, 1.82) is 0 Å². The molecule has 26 heavy (non-hydrogen) atoms. The topological polar surface area (TPSA) is 66.9 Å². The van der Waals surface area contributed by atoms with Gasteiger partial charge in [0.25, 0.3) is 0 Å². The molecule has 1 aliphatic rings. The summed E-state index contributed by atoms with van der Waals surface area (Å²) in [6.45, 7) is 8.31. The molecular formula is C19H26N4OS2. The van der Waals surface area contributed by atoms with Crippen LogP contribution in [0.25, 0.3) is 0 Å². The number of carbonyl (C=O) groups excluding carboxylic acids is 1. The predicted molar refractivity (Wildman–Crippen MR) is 108 cm³/mol. The smallest absolute Gasteiger partial charge is 0.224 e. The first-order chi connectivity index (χ1) is 12.5. The first-order valence-corrected chi connectivity index (χ1v) is 10.7. The van der Waals surface area contributed by atoms with Gasteiger partial charge in [-0.15, -0.1) is 10.2 Å². The second-order valence-electron chi connectivity index (χ2n) is 7.00. The fraction of sp³-hybridized carbons (Fsp3) is 0.526. The van der Waals surface area contributed by atoms with Crippen LogP contribution in [0.5, 0.6) is 0 Å². The molecule has 1 aromatic carbocycles. The molecule has 1 saturated heterocycles. The summed E-state index contributed by atoms with van der Waals surface area (Å²) in [6.07, 6.45) is 3.01. The number of hydrogen-bond donors (Lipinski definition) is 2. The van der Waals surface area contributed by atoms with E-state index in [0.717, 1.165) is 38.6 Å². The van der Waals surface area contributed by atoms with Crippen molar-refractivity contribution in [2.24, 2.45) is 11.8 Å². The highest BCUT2D eigenvalue weighted by Gasteiger charge is 2.22. The highest BCUT2D eigenvalue weighted by Crippen LogP contribution is 2.32. The monoisotopic (exact) mass is 390 g/mol. The predicted octanol–water partition coefficient (Wildman–Crippen LogP) is 4.27. The van der Waals surface area contributed by atoms with E-state index in [1.807, 2.05) is 26.0 Å². The molecule has 0 saturated carbocycles. The SMILES string of the molecule is Cc1nnc(Sc2ccc(NC(=O)CC(C)C3CCCNC3)c(C)c2)s1. The number of amides is 1. The molecule has 140 valence electrons. The lowest BCUT2D eigenvalue weighted by atomic mass is 9.85. The minimum atomic E-state index is 0.103. The normalized spacial score (nSPS) is 18.5. The molecule has 2 aromatic rings. The van der Waals surface area contributed by atoms with E-state index >= 15 is 0 Å². The van der Waals surface area contributed by atoms with Gasteiger partial charge in [-0.25, -0.2) is 0 Å². The van der Waals surface area contributed by atoms with E-state index in [4.69, 9.17) is 0 Å². The molecule has 7 heteroatoms. The van der Waals surface area contributed by atoms with Crippen LogP contribution < -0.4 is 10.6 Å². The highest BCUT2D eigenvalue weighted by molar-refractivity contribution is 8.01. The summed E-state index contributed by atoms with van der Waals surface area (Å²) in [7, 11) is 0. The van der Waals surface area contributed by atoms with Crippen LogP contribution in [0.4, 0.5) is 5.69 Å². The van der Waals surface area contributed by atoms with Gasteiger partial charge < -0.3 is 10.6 Å². The van der Waals surface area contributed by atoms with Crippen LogP contribution in [-0.2, 0) is 4.79 Å². The number of hydrogen-bond acceptors (Lipinski definition) is 6. The second-order valence-corrected chi connectivity index (χ2v) is 9.50. The minimum absolute atomic E-state index is 0.103. The van der Waals surface area contributed by atoms with Gasteiger partial charge >= 0.3 is 0 Å². The molecule has 0 bridgehead atoms. The maximum absolute atomic E-state index is 12.4. The van der Waals surface area contributed by atoms with Crippen LogP contribution >= 0.6 is 23.1 Å². The summed E-state index contributed by atoms with van der Waals surface area (Å²) in [5.74, 6) is 1.11. The third-order valence-corrected chi connectivity index (χ3v) is 6.71. The molecule has 1 aliphatic heterocycles. The van der Waals surface area contributed by atoms with Gasteiger partial charge in [-0.1, -0.05) is 30.0 Å². The average Bonchev–Trinajstić information content (AvgIpc) is 3.03. The average molecular weight is 391 g/mol. The quantitative estimate of drug-likeness (QED) is 0.771. The van der Waals surface area contributed by atoms with Gasteiger partial charge in [0.1, 0.15) is 5.01 Å². The summed E-state index contributed by atoms with van der Waals surface area (Å²) in [6, 6.07) is 6.10. The molecule has 2 N–H and O–H groups in total. The molecule has 0 radical (unpaired) electrons. The van der Waals surface area contributed by atoms with Gasteiger partial charge in [-0.2, -0.15) is 0 Å². The number of benzene rings is 1. The zero-order valence-electron chi connectivity index (χ0n) is 15.5. The van der Waals surface area contributed by atoms with Crippen LogP contribution in [0.15, 0.2) is 27.4 Å². The molecule has 0 spiro atoms. The van der Waals surface area contributed by atoms with Gasteiger partial charge in [0.05, 0.1) is 0 Å². The molecule has 0 aliphatic carbocycles. The number of nitrogens with zero attached hydrogens (tertiary/aromatic N) is 2. The number of anilines is 1. The first-order valence-electron chi connectivity index (χ1n) is 9.10. The minimum Gasteiger partial charge on any atom is -0.326 e. The van der Waals surface area contributed by atoms with E-state index in [-0.39, 0.29) is 5.91 Å². The van der Waals surface area contributed by atoms with Crippen LogP contribution in [0.3, 0.4) is 0 Å². The largest absolute Gasteiger partial charge is 0.326 e. The number of nitrogens with one attached hydrogen (secondary N) is 2.